The normalized spacial score (nSPS) is 23.4. The van der Waals surface area contributed by atoms with E-state index in [0.29, 0.717) is 17.9 Å². The van der Waals surface area contributed by atoms with E-state index in [0.717, 1.165) is 71.5 Å². The summed E-state index contributed by atoms with van der Waals surface area (Å²) in [6, 6.07) is 0.478. The van der Waals surface area contributed by atoms with E-state index in [9.17, 15) is 0 Å². The molecule has 2 aliphatic heterocycles. The van der Waals surface area contributed by atoms with Crippen LogP contribution < -0.4 is 5.32 Å². The highest BCUT2D eigenvalue weighted by Gasteiger charge is 2.24. The Morgan fingerprint density at radius 2 is 1.96 bits per heavy atom. The maximum Gasteiger partial charge on any atom is 0.193 e. The molecule has 6 nitrogen and oxygen atoms in total. The van der Waals surface area contributed by atoms with Crippen LogP contribution in [0, 0.1) is 11.8 Å². The molecule has 0 bridgehead atoms. The monoisotopic (exact) mass is 468 g/mol. The molecule has 25 heavy (non-hydrogen) atoms. The Morgan fingerprint density at radius 3 is 2.52 bits per heavy atom. The number of morpholine rings is 1. The van der Waals surface area contributed by atoms with Crippen LogP contribution in [0.1, 0.15) is 27.2 Å². The fraction of sp³-hybridized carbons (Fsp3) is 0.944. The maximum absolute atomic E-state index is 5.50. The number of guanidine groups is 1. The van der Waals surface area contributed by atoms with Crippen molar-refractivity contribution < 1.29 is 9.47 Å². The highest BCUT2D eigenvalue weighted by atomic mass is 127. The third-order valence-electron chi connectivity index (χ3n) is 4.96. The Kier molecular flexibility index (Phi) is 11.3. The van der Waals surface area contributed by atoms with Gasteiger partial charge in [-0.05, 0) is 19.3 Å². The minimum atomic E-state index is 0. The molecule has 0 aliphatic carbocycles. The number of rotatable bonds is 7. The smallest absolute Gasteiger partial charge is 0.193 e. The van der Waals surface area contributed by atoms with Gasteiger partial charge in [0.1, 0.15) is 0 Å². The van der Waals surface area contributed by atoms with Crippen molar-refractivity contribution in [3.8, 4) is 0 Å². The average Bonchev–Trinajstić information content (AvgIpc) is 3.07. The zero-order valence-corrected chi connectivity index (χ0v) is 18.7. The molecule has 0 saturated carbocycles. The van der Waals surface area contributed by atoms with Crippen molar-refractivity contribution >= 4 is 29.9 Å². The first-order chi connectivity index (χ1) is 11.6. The molecular formula is C18H37IN4O2. The number of hydrogen-bond donors (Lipinski definition) is 1. The van der Waals surface area contributed by atoms with E-state index in [1.165, 1.54) is 0 Å². The summed E-state index contributed by atoms with van der Waals surface area (Å²) in [6.07, 6.45) is 1.16. The zero-order chi connectivity index (χ0) is 17.4. The molecule has 1 N–H and O–H groups in total. The van der Waals surface area contributed by atoms with Gasteiger partial charge in [0, 0.05) is 51.8 Å². The number of halogens is 1. The minimum Gasteiger partial charge on any atom is -0.381 e. The SMILES string of the molecule is CCNC(=NCC(C(C)C)N1CCOCC1)N(C)CC1CCOC1.I. The molecule has 2 atom stereocenters. The second-order valence-electron chi connectivity index (χ2n) is 7.26. The first kappa shape index (κ1) is 22.9. The molecule has 0 spiro atoms. The standard InChI is InChI=1S/C18H36N4O2.HI/c1-5-19-18(21(4)13-16-6-9-24-14-16)20-12-17(15(2)3)22-7-10-23-11-8-22;/h15-17H,5-14H2,1-4H3,(H,19,20);1H. The Balaban J connectivity index is 0.00000312. The van der Waals surface area contributed by atoms with Gasteiger partial charge in [0.2, 0.25) is 0 Å². The third-order valence-corrected chi connectivity index (χ3v) is 4.96. The van der Waals surface area contributed by atoms with E-state index in [2.05, 4.69) is 42.9 Å². The summed E-state index contributed by atoms with van der Waals surface area (Å²) in [5.74, 6) is 2.23. The fourth-order valence-electron chi connectivity index (χ4n) is 3.51. The number of hydrogen-bond acceptors (Lipinski definition) is 4. The van der Waals surface area contributed by atoms with Crippen LogP contribution in [0.25, 0.3) is 0 Å². The lowest BCUT2D eigenvalue weighted by Gasteiger charge is -2.36. The lowest BCUT2D eigenvalue weighted by atomic mass is 10.0. The van der Waals surface area contributed by atoms with Gasteiger partial charge in [-0.3, -0.25) is 9.89 Å². The molecule has 2 rings (SSSR count). The third kappa shape index (κ3) is 7.56. The molecule has 7 heteroatoms. The van der Waals surface area contributed by atoms with Gasteiger partial charge in [0.05, 0.1) is 26.4 Å². The van der Waals surface area contributed by atoms with Crippen LogP contribution in [0.3, 0.4) is 0 Å². The minimum absolute atomic E-state index is 0. The molecule has 0 aromatic rings. The average molecular weight is 468 g/mol. The van der Waals surface area contributed by atoms with Crippen molar-refractivity contribution in [3.63, 3.8) is 0 Å². The number of ether oxygens (including phenoxy) is 2. The van der Waals surface area contributed by atoms with Crippen molar-refractivity contribution in [2.75, 3.05) is 66.2 Å². The molecule has 0 radical (unpaired) electrons. The topological polar surface area (TPSA) is 49.3 Å². The van der Waals surface area contributed by atoms with E-state index < -0.39 is 0 Å². The molecule has 0 aromatic carbocycles. The van der Waals surface area contributed by atoms with Gasteiger partial charge in [-0.15, -0.1) is 24.0 Å². The lowest BCUT2D eigenvalue weighted by molar-refractivity contribution is 0.00863. The summed E-state index contributed by atoms with van der Waals surface area (Å²) in [5.41, 5.74) is 0. The molecule has 148 valence electrons. The van der Waals surface area contributed by atoms with E-state index >= 15 is 0 Å². The van der Waals surface area contributed by atoms with Crippen LogP contribution in [0.15, 0.2) is 4.99 Å². The summed E-state index contributed by atoms with van der Waals surface area (Å²) >= 11 is 0. The van der Waals surface area contributed by atoms with Crippen molar-refractivity contribution in [1.29, 1.82) is 0 Å². The number of aliphatic imine (C=N–C) groups is 1. The van der Waals surface area contributed by atoms with Gasteiger partial charge >= 0.3 is 0 Å². The summed E-state index contributed by atoms with van der Waals surface area (Å²) in [6.45, 7) is 15.0. The number of nitrogens with zero attached hydrogens (tertiary/aromatic N) is 3. The Hall–Kier alpha value is -0.120. The summed E-state index contributed by atoms with van der Waals surface area (Å²) in [7, 11) is 2.14. The summed E-state index contributed by atoms with van der Waals surface area (Å²) in [4.78, 5) is 9.76. The van der Waals surface area contributed by atoms with Crippen molar-refractivity contribution in [2.24, 2.45) is 16.8 Å². The van der Waals surface area contributed by atoms with Crippen molar-refractivity contribution in [1.82, 2.24) is 15.1 Å². The first-order valence-corrected chi connectivity index (χ1v) is 9.50. The molecule has 2 heterocycles. The van der Waals surface area contributed by atoms with Crippen LogP contribution in [0.5, 0.6) is 0 Å². The predicted molar refractivity (Wildman–Crippen MR) is 114 cm³/mol. The molecular weight excluding hydrogens is 431 g/mol. The highest BCUT2D eigenvalue weighted by molar-refractivity contribution is 14.0. The summed E-state index contributed by atoms with van der Waals surface area (Å²) in [5, 5.41) is 3.45. The van der Waals surface area contributed by atoms with Crippen molar-refractivity contribution in [3.05, 3.63) is 0 Å². The molecule has 2 unspecified atom stereocenters. The molecule has 2 saturated heterocycles. The van der Waals surface area contributed by atoms with Crippen LogP contribution in [0.2, 0.25) is 0 Å². The fourth-order valence-corrected chi connectivity index (χ4v) is 3.51. The van der Waals surface area contributed by atoms with Crippen molar-refractivity contribution in [2.45, 2.75) is 33.2 Å². The Labute approximate surface area is 170 Å². The van der Waals surface area contributed by atoms with Crippen LogP contribution >= 0.6 is 24.0 Å². The Bertz CT molecular complexity index is 383. The van der Waals surface area contributed by atoms with Gasteiger partial charge in [0.15, 0.2) is 5.96 Å². The highest BCUT2D eigenvalue weighted by Crippen LogP contribution is 2.15. The van der Waals surface area contributed by atoms with Gasteiger partial charge in [0.25, 0.3) is 0 Å². The van der Waals surface area contributed by atoms with E-state index in [4.69, 9.17) is 14.5 Å². The first-order valence-electron chi connectivity index (χ1n) is 9.50. The predicted octanol–water partition coefficient (Wildman–Crippen LogP) is 1.90. The van der Waals surface area contributed by atoms with Gasteiger partial charge in [-0.25, -0.2) is 0 Å². The van der Waals surface area contributed by atoms with Gasteiger partial charge < -0.3 is 19.7 Å². The zero-order valence-electron chi connectivity index (χ0n) is 16.4. The van der Waals surface area contributed by atoms with E-state index in [1.54, 1.807) is 0 Å². The molecule has 0 aromatic heterocycles. The Morgan fingerprint density at radius 1 is 1.24 bits per heavy atom. The van der Waals surface area contributed by atoms with Crippen LogP contribution in [0.4, 0.5) is 0 Å². The quantitative estimate of drug-likeness (QED) is 0.352. The number of nitrogens with one attached hydrogen (secondary N) is 1. The largest absolute Gasteiger partial charge is 0.381 e. The van der Waals surface area contributed by atoms with Crippen LogP contribution in [-0.2, 0) is 9.47 Å². The van der Waals surface area contributed by atoms with Gasteiger partial charge in [-0.1, -0.05) is 13.8 Å². The molecule has 0 amide bonds. The van der Waals surface area contributed by atoms with E-state index in [1.807, 2.05) is 0 Å². The second kappa shape index (κ2) is 12.3. The van der Waals surface area contributed by atoms with E-state index in [-0.39, 0.29) is 24.0 Å². The second-order valence-corrected chi connectivity index (χ2v) is 7.26. The summed E-state index contributed by atoms with van der Waals surface area (Å²) < 4.78 is 11.0. The lowest BCUT2D eigenvalue weighted by Crippen LogP contribution is -2.48. The molecule has 2 aliphatic rings. The van der Waals surface area contributed by atoms with Gasteiger partial charge in [-0.2, -0.15) is 0 Å². The van der Waals surface area contributed by atoms with Crippen LogP contribution in [-0.4, -0.2) is 88.0 Å². The molecule has 2 fully saturated rings. The maximum atomic E-state index is 5.50.